The summed E-state index contributed by atoms with van der Waals surface area (Å²) in [5.74, 6) is -0.469. The van der Waals surface area contributed by atoms with Crippen molar-refractivity contribution in [2.45, 2.75) is 0 Å². The zero-order valence-electron chi connectivity index (χ0n) is 7.54. The first-order valence-corrected chi connectivity index (χ1v) is 5.16. The molecule has 5 heteroatoms. The van der Waals surface area contributed by atoms with Crippen LogP contribution in [-0.2, 0) is 4.74 Å². The number of hydrogen-bond acceptors (Lipinski definition) is 2. The molecule has 0 aliphatic rings. The average molecular weight is 266 g/mol. The largest absolute Gasteiger partial charge is 0.456 e. The van der Waals surface area contributed by atoms with E-state index in [9.17, 15) is 4.79 Å². The number of hydrogen-bond donors (Lipinski definition) is 0. The van der Waals surface area contributed by atoms with Gasteiger partial charge in [0.15, 0.2) is 0 Å². The number of halogens is 3. The van der Waals surface area contributed by atoms with Crippen molar-refractivity contribution < 1.29 is 9.53 Å². The molecule has 0 heterocycles. The Hall–Kier alpha value is -0.700. The van der Waals surface area contributed by atoms with Crippen molar-refractivity contribution in [1.29, 1.82) is 0 Å². The highest BCUT2D eigenvalue weighted by molar-refractivity contribution is 6.59. The first-order valence-electron chi connectivity index (χ1n) is 4.03. The lowest BCUT2D eigenvalue weighted by Gasteiger charge is -2.03. The van der Waals surface area contributed by atoms with Crippen LogP contribution in [-0.4, -0.2) is 12.6 Å². The first kappa shape index (κ1) is 12.4. The summed E-state index contributed by atoms with van der Waals surface area (Å²) in [6.07, 6.45) is 0. The van der Waals surface area contributed by atoms with Crippen LogP contribution >= 0.6 is 34.8 Å². The van der Waals surface area contributed by atoms with Gasteiger partial charge in [0.05, 0.1) is 10.6 Å². The number of esters is 1. The summed E-state index contributed by atoms with van der Waals surface area (Å²) in [5, 5.41) is 0.0996. The minimum Gasteiger partial charge on any atom is -0.456 e. The van der Waals surface area contributed by atoms with E-state index in [4.69, 9.17) is 39.5 Å². The van der Waals surface area contributed by atoms with Gasteiger partial charge in [0.1, 0.15) is 11.1 Å². The van der Waals surface area contributed by atoms with Crippen molar-refractivity contribution in [2.75, 3.05) is 6.61 Å². The summed E-state index contributed by atoms with van der Waals surface area (Å²) in [6.45, 7) is -0.127. The topological polar surface area (TPSA) is 26.3 Å². The summed E-state index contributed by atoms with van der Waals surface area (Å²) >= 11 is 16.3. The maximum atomic E-state index is 11.4. The van der Waals surface area contributed by atoms with Crippen LogP contribution in [0.4, 0.5) is 0 Å². The molecule has 0 atom stereocenters. The predicted octanol–water partition coefficient (Wildman–Crippen LogP) is 3.73. The number of rotatable bonds is 3. The standard InChI is InChI=1S/C10H7Cl3O2/c11-8(9(12)13)6-15-10(14)7-4-2-1-3-5-7/h1-5H,6H2. The quantitative estimate of drug-likeness (QED) is 0.779. The molecule has 0 aliphatic carbocycles. The third kappa shape index (κ3) is 4.12. The van der Waals surface area contributed by atoms with Crippen LogP contribution in [0.3, 0.4) is 0 Å². The van der Waals surface area contributed by atoms with Gasteiger partial charge >= 0.3 is 5.97 Å². The zero-order chi connectivity index (χ0) is 11.3. The lowest BCUT2D eigenvalue weighted by molar-refractivity contribution is 0.0546. The van der Waals surface area contributed by atoms with Gasteiger partial charge in [-0.25, -0.2) is 4.79 Å². The van der Waals surface area contributed by atoms with E-state index in [-0.39, 0.29) is 16.1 Å². The maximum Gasteiger partial charge on any atom is 0.338 e. The van der Waals surface area contributed by atoms with E-state index in [1.54, 1.807) is 30.3 Å². The van der Waals surface area contributed by atoms with E-state index < -0.39 is 5.97 Å². The second kappa shape index (κ2) is 6.01. The Labute approximate surface area is 102 Å². The second-order valence-corrected chi connectivity index (χ2v) is 4.01. The molecule has 0 amide bonds. The predicted molar refractivity (Wildman–Crippen MR) is 61.3 cm³/mol. The van der Waals surface area contributed by atoms with Gasteiger partial charge in [-0.1, -0.05) is 53.0 Å². The Morgan fingerprint density at radius 3 is 2.27 bits per heavy atom. The summed E-state index contributed by atoms with van der Waals surface area (Å²) in [4.78, 5) is 11.4. The van der Waals surface area contributed by atoms with Crippen LogP contribution in [0.25, 0.3) is 0 Å². The SMILES string of the molecule is O=C(OCC(Cl)=C(Cl)Cl)c1ccccc1. The molecule has 0 saturated carbocycles. The Morgan fingerprint density at radius 2 is 1.73 bits per heavy atom. The van der Waals surface area contributed by atoms with Gasteiger partial charge < -0.3 is 4.74 Å². The highest BCUT2D eigenvalue weighted by Crippen LogP contribution is 2.18. The number of carbonyl (C=O) groups excluding carboxylic acids is 1. The van der Waals surface area contributed by atoms with Crippen LogP contribution in [0.1, 0.15) is 10.4 Å². The third-order valence-electron chi connectivity index (χ3n) is 1.54. The lowest BCUT2D eigenvalue weighted by Crippen LogP contribution is -2.06. The molecule has 0 bridgehead atoms. The van der Waals surface area contributed by atoms with E-state index in [1.807, 2.05) is 0 Å². The monoisotopic (exact) mass is 264 g/mol. The van der Waals surface area contributed by atoms with E-state index in [0.717, 1.165) is 0 Å². The molecule has 0 spiro atoms. The van der Waals surface area contributed by atoms with Crippen LogP contribution in [0.2, 0.25) is 0 Å². The summed E-state index contributed by atoms with van der Waals surface area (Å²) in [5.41, 5.74) is 0.452. The van der Waals surface area contributed by atoms with E-state index in [2.05, 4.69) is 0 Å². The van der Waals surface area contributed by atoms with E-state index in [0.29, 0.717) is 5.56 Å². The molecule has 0 aromatic heterocycles. The molecule has 80 valence electrons. The fourth-order valence-electron chi connectivity index (χ4n) is 0.841. The zero-order valence-corrected chi connectivity index (χ0v) is 9.81. The summed E-state index contributed by atoms with van der Waals surface area (Å²) in [7, 11) is 0. The summed E-state index contributed by atoms with van der Waals surface area (Å²) in [6, 6.07) is 8.56. The Kier molecular flexibility index (Phi) is 4.95. The Bertz CT molecular complexity index is 370. The molecule has 0 radical (unpaired) electrons. The first-order chi connectivity index (χ1) is 7.11. The van der Waals surface area contributed by atoms with E-state index in [1.165, 1.54) is 0 Å². The molecule has 0 N–H and O–H groups in total. The highest BCUT2D eigenvalue weighted by atomic mass is 35.5. The van der Waals surface area contributed by atoms with Crippen molar-refractivity contribution in [1.82, 2.24) is 0 Å². The molecule has 0 fully saturated rings. The third-order valence-corrected chi connectivity index (χ3v) is 2.49. The molecule has 0 aliphatic heterocycles. The van der Waals surface area contributed by atoms with Gasteiger partial charge in [0, 0.05) is 0 Å². The van der Waals surface area contributed by atoms with E-state index >= 15 is 0 Å². The number of benzene rings is 1. The van der Waals surface area contributed by atoms with Crippen molar-refractivity contribution in [3.63, 3.8) is 0 Å². The van der Waals surface area contributed by atoms with Crippen LogP contribution in [0.5, 0.6) is 0 Å². The van der Waals surface area contributed by atoms with Gasteiger partial charge in [-0.05, 0) is 12.1 Å². The smallest absolute Gasteiger partial charge is 0.338 e. The highest BCUT2D eigenvalue weighted by Gasteiger charge is 2.07. The molecular weight excluding hydrogens is 258 g/mol. The molecule has 0 saturated heterocycles. The van der Waals surface area contributed by atoms with Crippen molar-refractivity contribution in [3.8, 4) is 0 Å². The van der Waals surface area contributed by atoms with Gasteiger partial charge in [0.2, 0.25) is 0 Å². The second-order valence-electron chi connectivity index (χ2n) is 2.61. The molecule has 1 aromatic rings. The van der Waals surface area contributed by atoms with Gasteiger partial charge in [-0.15, -0.1) is 0 Å². The fraction of sp³-hybridized carbons (Fsp3) is 0.100. The number of carbonyl (C=O) groups is 1. The molecule has 15 heavy (non-hydrogen) atoms. The normalized spacial score (nSPS) is 9.53. The van der Waals surface area contributed by atoms with Crippen LogP contribution in [0.15, 0.2) is 39.9 Å². The summed E-state index contributed by atoms with van der Waals surface area (Å²) < 4.78 is 4.75. The Balaban J connectivity index is 2.55. The van der Waals surface area contributed by atoms with Crippen molar-refractivity contribution in [3.05, 3.63) is 45.4 Å². The minimum absolute atomic E-state index is 0.0995. The Morgan fingerprint density at radius 1 is 1.13 bits per heavy atom. The molecule has 2 nitrogen and oxygen atoms in total. The lowest BCUT2D eigenvalue weighted by atomic mass is 10.2. The van der Waals surface area contributed by atoms with Crippen LogP contribution < -0.4 is 0 Å². The molecule has 0 unspecified atom stereocenters. The minimum atomic E-state index is -0.469. The molecule has 1 rings (SSSR count). The fourth-order valence-corrected chi connectivity index (χ4v) is 1.00. The molecule has 1 aromatic carbocycles. The van der Waals surface area contributed by atoms with Gasteiger partial charge in [-0.2, -0.15) is 0 Å². The van der Waals surface area contributed by atoms with Crippen LogP contribution in [0, 0.1) is 0 Å². The number of ether oxygens (including phenoxy) is 1. The maximum absolute atomic E-state index is 11.4. The van der Waals surface area contributed by atoms with Crippen molar-refractivity contribution in [2.24, 2.45) is 0 Å². The molecular formula is C10H7Cl3O2. The van der Waals surface area contributed by atoms with Crippen molar-refractivity contribution >= 4 is 40.8 Å². The van der Waals surface area contributed by atoms with Gasteiger partial charge in [0.25, 0.3) is 0 Å². The van der Waals surface area contributed by atoms with Gasteiger partial charge in [-0.3, -0.25) is 0 Å². The average Bonchev–Trinajstić information content (AvgIpc) is 2.26.